The van der Waals surface area contributed by atoms with Crippen LogP contribution in [-0.4, -0.2) is 11.2 Å². The van der Waals surface area contributed by atoms with Gasteiger partial charge < -0.3 is 5.73 Å². The van der Waals surface area contributed by atoms with Crippen molar-refractivity contribution in [2.75, 3.05) is 0 Å². The van der Waals surface area contributed by atoms with Gasteiger partial charge in [-0.05, 0) is 25.0 Å². The Bertz CT molecular complexity index is 683. The molecule has 0 aromatic heterocycles. The molecule has 0 aliphatic carbocycles. The molecular weight excluding hydrogens is 268 g/mol. The summed E-state index contributed by atoms with van der Waals surface area (Å²) in [4.78, 5) is 21.7. The molecule has 0 bridgehead atoms. The van der Waals surface area contributed by atoms with E-state index in [0.717, 1.165) is 11.8 Å². The summed E-state index contributed by atoms with van der Waals surface area (Å²) in [5.41, 5.74) is 8.95. The van der Waals surface area contributed by atoms with Crippen LogP contribution < -0.4 is 5.73 Å². The SMILES string of the molecule is Cc1ccc(C(N)Cc2ccccc2[N+](=O)[O-])c(C=O)c1. The minimum Gasteiger partial charge on any atom is -0.324 e. The smallest absolute Gasteiger partial charge is 0.272 e. The van der Waals surface area contributed by atoms with Crippen molar-refractivity contribution in [1.82, 2.24) is 0 Å². The third-order valence-electron chi connectivity index (χ3n) is 3.40. The van der Waals surface area contributed by atoms with Gasteiger partial charge in [-0.1, -0.05) is 35.9 Å². The Kier molecular flexibility index (Phi) is 4.45. The summed E-state index contributed by atoms with van der Waals surface area (Å²) in [7, 11) is 0. The summed E-state index contributed by atoms with van der Waals surface area (Å²) in [6.45, 7) is 1.89. The molecule has 0 aliphatic heterocycles. The van der Waals surface area contributed by atoms with Crippen LogP contribution >= 0.6 is 0 Å². The van der Waals surface area contributed by atoms with Crippen LogP contribution in [0.3, 0.4) is 0 Å². The van der Waals surface area contributed by atoms with Gasteiger partial charge >= 0.3 is 0 Å². The Balaban J connectivity index is 2.32. The van der Waals surface area contributed by atoms with E-state index in [1.165, 1.54) is 6.07 Å². The Labute approximate surface area is 122 Å². The molecule has 108 valence electrons. The number of carbonyl (C=O) groups is 1. The summed E-state index contributed by atoms with van der Waals surface area (Å²) in [5, 5.41) is 11.0. The standard InChI is InChI=1S/C16H16N2O3/c1-11-6-7-14(13(8-11)10-19)15(17)9-12-4-2-3-5-16(12)18(20)21/h2-8,10,15H,9,17H2,1H3. The van der Waals surface area contributed by atoms with E-state index in [9.17, 15) is 14.9 Å². The van der Waals surface area contributed by atoms with Gasteiger partial charge in [0, 0.05) is 23.2 Å². The molecular formula is C16H16N2O3. The number of aldehydes is 1. The number of nitrogens with two attached hydrogens (primary N) is 1. The van der Waals surface area contributed by atoms with Crippen LogP contribution in [0.15, 0.2) is 42.5 Å². The summed E-state index contributed by atoms with van der Waals surface area (Å²) >= 11 is 0. The Morgan fingerprint density at radius 3 is 2.67 bits per heavy atom. The molecule has 0 heterocycles. The first-order valence-electron chi connectivity index (χ1n) is 6.56. The van der Waals surface area contributed by atoms with E-state index in [2.05, 4.69) is 0 Å². The molecule has 1 atom stereocenters. The topological polar surface area (TPSA) is 86.2 Å². The zero-order valence-electron chi connectivity index (χ0n) is 11.7. The average Bonchev–Trinajstić information content (AvgIpc) is 2.47. The molecule has 0 saturated carbocycles. The van der Waals surface area contributed by atoms with Crippen molar-refractivity contribution in [2.45, 2.75) is 19.4 Å². The zero-order chi connectivity index (χ0) is 15.4. The maximum Gasteiger partial charge on any atom is 0.272 e. The fourth-order valence-electron chi connectivity index (χ4n) is 2.34. The summed E-state index contributed by atoms with van der Waals surface area (Å²) < 4.78 is 0. The number of carbonyl (C=O) groups excluding carboxylic acids is 1. The van der Waals surface area contributed by atoms with Gasteiger partial charge in [-0.25, -0.2) is 0 Å². The van der Waals surface area contributed by atoms with Crippen molar-refractivity contribution < 1.29 is 9.72 Å². The molecule has 21 heavy (non-hydrogen) atoms. The highest BCUT2D eigenvalue weighted by molar-refractivity contribution is 5.78. The maximum absolute atomic E-state index is 11.1. The average molecular weight is 284 g/mol. The molecule has 2 aromatic rings. The predicted octanol–water partition coefficient (Wildman–Crippen LogP) is 2.96. The molecule has 2 N–H and O–H groups in total. The Morgan fingerprint density at radius 1 is 1.29 bits per heavy atom. The largest absolute Gasteiger partial charge is 0.324 e. The van der Waals surface area contributed by atoms with E-state index >= 15 is 0 Å². The van der Waals surface area contributed by atoms with E-state index in [0.29, 0.717) is 23.1 Å². The molecule has 0 amide bonds. The van der Waals surface area contributed by atoms with Crippen LogP contribution in [-0.2, 0) is 6.42 Å². The van der Waals surface area contributed by atoms with Crippen molar-refractivity contribution in [3.05, 3.63) is 74.8 Å². The number of nitro groups is 1. The number of rotatable bonds is 5. The molecule has 0 radical (unpaired) electrons. The minimum atomic E-state index is -0.466. The van der Waals surface area contributed by atoms with Gasteiger partial charge in [-0.15, -0.1) is 0 Å². The molecule has 2 aromatic carbocycles. The number of nitrogens with zero attached hydrogens (tertiary/aromatic N) is 1. The summed E-state index contributed by atoms with van der Waals surface area (Å²) in [5.74, 6) is 0. The van der Waals surface area contributed by atoms with Crippen LogP contribution in [0, 0.1) is 17.0 Å². The second kappa shape index (κ2) is 6.28. The number of benzene rings is 2. The maximum atomic E-state index is 11.1. The van der Waals surface area contributed by atoms with Gasteiger partial charge in [-0.3, -0.25) is 14.9 Å². The summed E-state index contributed by atoms with van der Waals surface area (Å²) in [6, 6.07) is 11.5. The quantitative estimate of drug-likeness (QED) is 0.519. The van der Waals surface area contributed by atoms with Gasteiger partial charge in [0.15, 0.2) is 0 Å². The van der Waals surface area contributed by atoms with E-state index in [-0.39, 0.29) is 5.69 Å². The molecule has 1 unspecified atom stereocenters. The lowest BCUT2D eigenvalue weighted by Crippen LogP contribution is -2.16. The third kappa shape index (κ3) is 3.32. The van der Waals surface area contributed by atoms with Gasteiger partial charge in [0.05, 0.1) is 4.92 Å². The van der Waals surface area contributed by atoms with Gasteiger partial charge in [-0.2, -0.15) is 0 Å². The van der Waals surface area contributed by atoms with Crippen LogP contribution in [0.2, 0.25) is 0 Å². The van der Waals surface area contributed by atoms with Crippen molar-refractivity contribution in [2.24, 2.45) is 5.73 Å². The van der Waals surface area contributed by atoms with E-state index in [4.69, 9.17) is 5.73 Å². The van der Waals surface area contributed by atoms with Crippen LogP contribution in [0.25, 0.3) is 0 Å². The molecule has 0 aliphatic rings. The van der Waals surface area contributed by atoms with E-state index in [1.807, 2.05) is 13.0 Å². The highest BCUT2D eigenvalue weighted by Crippen LogP contribution is 2.25. The van der Waals surface area contributed by atoms with Crippen LogP contribution in [0.1, 0.15) is 33.1 Å². The lowest BCUT2D eigenvalue weighted by molar-refractivity contribution is -0.385. The van der Waals surface area contributed by atoms with Gasteiger partial charge in [0.25, 0.3) is 5.69 Å². The number of para-hydroxylation sites is 1. The second-order valence-corrected chi connectivity index (χ2v) is 4.95. The van der Waals surface area contributed by atoms with Crippen molar-refractivity contribution >= 4 is 12.0 Å². The molecule has 0 spiro atoms. The fourth-order valence-corrected chi connectivity index (χ4v) is 2.34. The van der Waals surface area contributed by atoms with E-state index < -0.39 is 11.0 Å². The number of hydrogen-bond acceptors (Lipinski definition) is 4. The Hall–Kier alpha value is -2.53. The van der Waals surface area contributed by atoms with Crippen LogP contribution in [0.4, 0.5) is 5.69 Å². The summed E-state index contributed by atoms with van der Waals surface area (Å²) in [6.07, 6.45) is 1.07. The lowest BCUT2D eigenvalue weighted by Gasteiger charge is -2.15. The number of aryl methyl sites for hydroxylation is 1. The first-order valence-corrected chi connectivity index (χ1v) is 6.56. The number of hydrogen-bond donors (Lipinski definition) is 1. The fraction of sp³-hybridized carbons (Fsp3) is 0.188. The zero-order valence-corrected chi connectivity index (χ0v) is 11.7. The number of nitro benzene ring substituents is 1. The molecule has 0 fully saturated rings. The predicted molar refractivity (Wildman–Crippen MR) is 80.3 cm³/mol. The van der Waals surface area contributed by atoms with E-state index in [1.54, 1.807) is 30.3 Å². The van der Waals surface area contributed by atoms with Crippen molar-refractivity contribution in [3.8, 4) is 0 Å². The minimum absolute atomic E-state index is 0.0488. The molecule has 5 nitrogen and oxygen atoms in total. The highest BCUT2D eigenvalue weighted by Gasteiger charge is 2.18. The first-order chi connectivity index (χ1) is 10.0. The van der Waals surface area contributed by atoms with Gasteiger partial charge in [0.1, 0.15) is 6.29 Å². The van der Waals surface area contributed by atoms with Crippen molar-refractivity contribution in [3.63, 3.8) is 0 Å². The molecule has 0 saturated heterocycles. The lowest BCUT2D eigenvalue weighted by atomic mass is 9.94. The Morgan fingerprint density at radius 2 is 2.00 bits per heavy atom. The monoisotopic (exact) mass is 284 g/mol. The highest BCUT2D eigenvalue weighted by atomic mass is 16.6. The second-order valence-electron chi connectivity index (χ2n) is 4.95. The normalized spacial score (nSPS) is 11.9. The molecule has 5 heteroatoms. The molecule has 2 rings (SSSR count). The van der Waals surface area contributed by atoms with Crippen molar-refractivity contribution in [1.29, 1.82) is 0 Å². The first kappa shape index (κ1) is 14.9. The van der Waals surface area contributed by atoms with Gasteiger partial charge in [0.2, 0.25) is 0 Å². The van der Waals surface area contributed by atoms with Crippen LogP contribution in [0.5, 0.6) is 0 Å². The third-order valence-corrected chi connectivity index (χ3v) is 3.40.